The van der Waals surface area contributed by atoms with Crippen molar-refractivity contribution in [1.29, 1.82) is 0 Å². The van der Waals surface area contributed by atoms with Crippen molar-refractivity contribution in [2.45, 2.75) is 83.6 Å². The lowest BCUT2D eigenvalue weighted by atomic mass is 9.33. The van der Waals surface area contributed by atoms with Crippen molar-refractivity contribution >= 4 is 45.4 Å². The van der Waals surface area contributed by atoms with E-state index in [-0.39, 0.29) is 23.1 Å². The molecule has 1 aliphatic carbocycles. The topological polar surface area (TPSA) is 8.17 Å². The summed E-state index contributed by atoms with van der Waals surface area (Å²) in [7, 11) is 0. The van der Waals surface area contributed by atoms with Gasteiger partial charge in [-0.05, 0) is 95.0 Å². The molecule has 3 aliphatic heterocycles. The largest absolute Gasteiger partial charge is 0.335 e. The summed E-state index contributed by atoms with van der Waals surface area (Å²) >= 11 is 0. The Kier molecular flexibility index (Phi) is 4.62. The first-order valence-electron chi connectivity index (χ1n) is 16.0. The van der Waals surface area contributed by atoms with Crippen LogP contribution in [0.3, 0.4) is 0 Å². The number of aromatic nitrogens is 1. The van der Waals surface area contributed by atoms with Crippen molar-refractivity contribution in [2.24, 2.45) is 0 Å². The number of nitrogens with zero attached hydrogens (tertiary/aromatic N) is 2. The van der Waals surface area contributed by atoms with Gasteiger partial charge in [0.15, 0.2) is 0 Å². The standard InChI is InChI=1S/C39H39BN2/c1-24-19-32-34-33(20-24)42-36-28(38(5)17-10-11-18-39(38,42)6)15-12-16-29(36)40(34)30-23-27(37(2,3)4)21-26-22-31(41(32)35(26)30)25-13-8-7-9-14-25/h7-9,12-16,19-23H,10-11,17-18H2,1-6H3. The molecule has 208 valence electrons. The number of fused-ring (bicyclic) bond motifs is 7. The van der Waals surface area contributed by atoms with Crippen LogP contribution in [0.15, 0.2) is 78.9 Å². The highest BCUT2D eigenvalue weighted by Crippen LogP contribution is 2.61. The molecule has 0 amide bonds. The zero-order valence-electron chi connectivity index (χ0n) is 25.8. The van der Waals surface area contributed by atoms with Gasteiger partial charge in [-0.2, -0.15) is 0 Å². The Morgan fingerprint density at radius 3 is 2.33 bits per heavy atom. The molecule has 5 aromatic rings. The first-order chi connectivity index (χ1) is 20.1. The Morgan fingerprint density at radius 2 is 1.55 bits per heavy atom. The van der Waals surface area contributed by atoms with E-state index in [0.29, 0.717) is 0 Å². The van der Waals surface area contributed by atoms with E-state index in [9.17, 15) is 0 Å². The molecule has 4 heterocycles. The maximum Gasteiger partial charge on any atom is 0.252 e. The Morgan fingerprint density at radius 1 is 0.786 bits per heavy atom. The van der Waals surface area contributed by atoms with Crippen molar-refractivity contribution in [3.8, 4) is 16.9 Å². The molecule has 1 aromatic heterocycles. The zero-order valence-corrected chi connectivity index (χ0v) is 25.8. The second kappa shape index (κ2) is 7.81. The van der Waals surface area contributed by atoms with Gasteiger partial charge in [0.25, 0.3) is 6.71 Å². The second-order valence-corrected chi connectivity index (χ2v) is 15.0. The molecule has 2 atom stereocenters. The average Bonchev–Trinajstić information content (AvgIpc) is 3.45. The monoisotopic (exact) mass is 546 g/mol. The Balaban J connectivity index is 1.47. The molecule has 2 nitrogen and oxygen atoms in total. The van der Waals surface area contributed by atoms with Gasteiger partial charge >= 0.3 is 0 Å². The van der Waals surface area contributed by atoms with Crippen LogP contribution in [0.2, 0.25) is 0 Å². The lowest BCUT2D eigenvalue weighted by Crippen LogP contribution is -2.64. The van der Waals surface area contributed by atoms with Gasteiger partial charge in [0, 0.05) is 33.4 Å². The summed E-state index contributed by atoms with van der Waals surface area (Å²) in [5.41, 5.74) is 17.3. The lowest BCUT2D eigenvalue weighted by molar-refractivity contribution is 0.195. The average molecular weight is 547 g/mol. The highest BCUT2D eigenvalue weighted by molar-refractivity contribution is 7.00. The van der Waals surface area contributed by atoms with Gasteiger partial charge in [0.2, 0.25) is 0 Å². The quantitative estimate of drug-likeness (QED) is 0.191. The lowest BCUT2D eigenvalue weighted by Gasteiger charge is -2.52. The van der Waals surface area contributed by atoms with Crippen LogP contribution in [0.5, 0.6) is 0 Å². The molecule has 0 bridgehead atoms. The molecule has 3 heteroatoms. The van der Waals surface area contributed by atoms with Crippen LogP contribution in [0.4, 0.5) is 11.4 Å². The fraction of sp³-hybridized carbons (Fsp3) is 0.333. The van der Waals surface area contributed by atoms with Crippen LogP contribution in [0, 0.1) is 6.92 Å². The fourth-order valence-electron chi connectivity index (χ4n) is 9.41. The number of rotatable bonds is 1. The Labute approximate surface area is 250 Å². The summed E-state index contributed by atoms with van der Waals surface area (Å²) in [4.78, 5) is 2.83. The molecular formula is C39H39BN2. The molecule has 1 fully saturated rings. The molecule has 0 N–H and O–H groups in total. The first kappa shape index (κ1) is 24.8. The van der Waals surface area contributed by atoms with E-state index in [1.165, 1.54) is 92.4 Å². The third kappa shape index (κ3) is 2.83. The van der Waals surface area contributed by atoms with Gasteiger partial charge in [0.05, 0.1) is 11.2 Å². The van der Waals surface area contributed by atoms with Crippen LogP contribution < -0.4 is 21.3 Å². The second-order valence-electron chi connectivity index (χ2n) is 15.0. The number of benzene rings is 4. The molecule has 1 saturated carbocycles. The van der Waals surface area contributed by atoms with Gasteiger partial charge < -0.3 is 9.47 Å². The van der Waals surface area contributed by atoms with Crippen LogP contribution in [-0.2, 0) is 10.8 Å². The molecule has 4 aromatic carbocycles. The number of para-hydroxylation sites is 1. The van der Waals surface area contributed by atoms with Gasteiger partial charge in [0.1, 0.15) is 0 Å². The van der Waals surface area contributed by atoms with Crippen LogP contribution in [0.1, 0.15) is 77.0 Å². The molecule has 2 unspecified atom stereocenters. The molecule has 0 radical (unpaired) electrons. The summed E-state index contributed by atoms with van der Waals surface area (Å²) in [6.07, 6.45) is 5.12. The van der Waals surface area contributed by atoms with E-state index in [2.05, 4.69) is 130 Å². The maximum atomic E-state index is 2.83. The minimum Gasteiger partial charge on any atom is -0.335 e. The van der Waals surface area contributed by atoms with Crippen molar-refractivity contribution in [2.75, 3.05) is 4.90 Å². The molecule has 9 rings (SSSR count). The van der Waals surface area contributed by atoms with Crippen LogP contribution in [-0.4, -0.2) is 16.8 Å². The number of anilines is 2. The smallest absolute Gasteiger partial charge is 0.252 e. The summed E-state index contributed by atoms with van der Waals surface area (Å²) in [6.45, 7) is 14.7. The van der Waals surface area contributed by atoms with Crippen molar-refractivity contribution < 1.29 is 0 Å². The van der Waals surface area contributed by atoms with E-state index in [0.717, 1.165) is 0 Å². The minimum atomic E-state index is 0.0608. The van der Waals surface area contributed by atoms with Gasteiger partial charge in [-0.3, -0.25) is 0 Å². The maximum absolute atomic E-state index is 2.83. The van der Waals surface area contributed by atoms with Crippen LogP contribution in [0.25, 0.3) is 27.8 Å². The Bertz CT molecular complexity index is 1980. The minimum absolute atomic E-state index is 0.0608. The molecule has 42 heavy (non-hydrogen) atoms. The van der Waals surface area contributed by atoms with Crippen molar-refractivity contribution in [1.82, 2.24) is 4.57 Å². The highest BCUT2D eigenvalue weighted by atomic mass is 15.3. The highest BCUT2D eigenvalue weighted by Gasteiger charge is 2.61. The van der Waals surface area contributed by atoms with Crippen LogP contribution >= 0.6 is 0 Å². The van der Waals surface area contributed by atoms with E-state index in [1.54, 1.807) is 5.56 Å². The SMILES string of the molecule is Cc1cc2c3c(c1)-n1c(-c4ccccc4)cc4cc(C(C)(C)C)cc(c41)B3c1cccc3c1N2C1(C)CCCCC31C. The third-order valence-corrected chi connectivity index (χ3v) is 11.7. The van der Waals surface area contributed by atoms with Crippen molar-refractivity contribution in [3.63, 3.8) is 0 Å². The van der Waals surface area contributed by atoms with E-state index < -0.39 is 0 Å². The molecule has 0 saturated heterocycles. The van der Waals surface area contributed by atoms with Crippen molar-refractivity contribution in [3.05, 3.63) is 95.6 Å². The molecular weight excluding hydrogens is 507 g/mol. The van der Waals surface area contributed by atoms with E-state index >= 15 is 0 Å². The third-order valence-electron chi connectivity index (χ3n) is 11.7. The first-order valence-corrected chi connectivity index (χ1v) is 16.0. The fourth-order valence-corrected chi connectivity index (χ4v) is 9.41. The molecule has 0 spiro atoms. The van der Waals surface area contributed by atoms with Gasteiger partial charge in [-0.25, -0.2) is 0 Å². The summed E-state index contributed by atoms with van der Waals surface area (Å²) < 4.78 is 2.61. The molecule has 4 aliphatic rings. The summed E-state index contributed by atoms with van der Waals surface area (Å²) in [5.74, 6) is 0. The number of hydrogen-bond donors (Lipinski definition) is 0. The van der Waals surface area contributed by atoms with Gasteiger partial charge in [-0.15, -0.1) is 0 Å². The van der Waals surface area contributed by atoms with E-state index in [1.807, 2.05) is 0 Å². The number of aryl methyl sites for hydroxylation is 1. The Hall–Kier alpha value is -3.72. The summed E-state index contributed by atoms with van der Waals surface area (Å²) in [5, 5.41) is 1.35. The number of hydrogen-bond acceptors (Lipinski definition) is 1. The van der Waals surface area contributed by atoms with Gasteiger partial charge in [-0.1, -0.05) is 95.1 Å². The van der Waals surface area contributed by atoms with E-state index in [4.69, 9.17) is 0 Å². The normalized spacial score (nSPS) is 23.2. The predicted octanol–water partition coefficient (Wildman–Crippen LogP) is 7.79. The summed E-state index contributed by atoms with van der Waals surface area (Å²) in [6, 6.07) is 30.8. The zero-order chi connectivity index (χ0) is 28.8. The predicted molar refractivity (Wildman–Crippen MR) is 180 cm³/mol.